The average molecular weight is 840 g/mol. The Morgan fingerprint density at radius 3 is 1.41 bits per heavy atom. The zero-order valence-electron chi connectivity index (χ0n) is 31.8. The third-order valence-corrected chi connectivity index (χ3v) is 12.7. The van der Waals surface area contributed by atoms with Gasteiger partial charge in [-0.05, 0) is 101 Å². The minimum Gasteiger partial charge on any atom is -0.456 e. The van der Waals surface area contributed by atoms with Crippen LogP contribution in [0.5, 0.6) is 0 Å². The van der Waals surface area contributed by atoms with Gasteiger partial charge in [0.2, 0.25) is 0 Å². The van der Waals surface area contributed by atoms with Crippen molar-refractivity contribution in [2.75, 3.05) is 9.80 Å². The van der Waals surface area contributed by atoms with Crippen molar-refractivity contribution >= 4 is 104 Å². The predicted octanol–water partition coefficient (Wildman–Crippen LogP) is 17.0. The van der Waals surface area contributed by atoms with Gasteiger partial charge in [0.05, 0.1) is 0 Å². The zero-order valence-corrected chi connectivity index (χ0v) is 34.2. The fourth-order valence-electron chi connectivity index (χ4n) is 8.29. The number of anilines is 6. The molecule has 5 heteroatoms. The molecule has 3 nitrogen and oxygen atoms in total. The number of hydrogen-bond donors (Lipinski definition) is 0. The third kappa shape index (κ3) is 6.55. The van der Waals surface area contributed by atoms with E-state index in [4.69, 9.17) is 4.42 Å². The van der Waals surface area contributed by atoms with E-state index in [0.717, 1.165) is 60.5 Å². The second-order valence-corrected chi connectivity index (χ2v) is 16.7. The fraction of sp³-hybridized carbons (Fsp3) is 0. The molecule has 11 aromatic rings. The maximum Gasteiger partial charge on any atom is 0.137 e. The Balaban J connectivity index is 1.09. The van der Waals surface area contributed by atoms with E-state index in [0.29, 0.717) is 0 Å². The maximum absolute atomic E-state index is 6.45. The van der Waals surface area contributed by atoms with E-state index in [-0.39, 0.29) is 0 Å². The van der Waals surface area contributed by atoms with Crippen molar-refractivity contribution in [3.05, 3.63) is 217 Å². The lowest BCUT2D eigenvalue weighted by atomic mass is 10.0. The number of rotatable bonds is 8. The van der Waals surface area contributed by atoms with Crippen molar-refractivity contribution in [2.45, 2.75) is 0 Å². The highest BCUT2D eigenvalue weighted by Gasteiger charge is 2.21. The number of halogens is 1. The Kier molecular flexibility index (Phi) is 8.84. The first-order valence-corrected chi connectivity index (χ1v) is 21.3. The molecule has 0 radical (unpaired) electrons. The minimum atomic E-state index is 0.849. The van der Waals surface area contributed by atoms with Crippen LogP contribution in [-0.4, -0.2) is 0 Å². The molecule has 0 atom stereocenters. The molecular weight excluding hydrogens is 805 g/mol. The molecule has 9 aromatic carbocycles. The van der Waals surface area contributed by atoms with E-state index in [1.807, 2.05) is 23.5 Å². The normalized spacial score (nSPS) is 11.5. The van der Waals surface area contributed by atoms with Crippen molar-refractivity contribution < 1.29 is 4.42 Å². The van der Waals surface area contributed by atoms with E-state index in [9.17, 15) is 0 Å². The number of thiophene rings is 1. The second kappa shape index (κ2) is 14.8. The van der Waals surface area contributed by atoms with Crippen molar-refractivity contribution in [3.63, 3.8) is 0 Å². The molecule has 0 aliphatic carbocycles. The summed E-state index contributed by atoms with van der Waals surface area (Å²) in [7, 11) is 0. The predicted molar refractivity (Wildman–Crippen MR) is 255 cm³/mol. The number of fused-ring (bicyclic) bond motifs is 6. The van der Waals surface area contributed by atoms with Gasteiger partial charge in [-0.3, -0.25) is 0 Å². The number of para-hydroxylation sites is 1. The maximum atomic E-state index is 6.45. The molecular formula is C54H35BrN2OS. The number of benzene rings is 9. The summed E-state index contributed by atoms with van der Waals surface area (Å²) in [5.41, 5.74) is 12.7. The SMILES string of the molecule is Brc1cc(N(c2ccc(-c3ccccc3)cc2)c2ccc3c(c2)oc2ccccc23)cc(N(c2ccc(-c3ccccc3)cc2)c2ccc3c(c2)sc2ccccc23)c1. The van der Waals surface area contributed by atoms with Crippen LogP contribution in [0.3, 0.4) is 0 Å². The number of nitrogens with zero attached hydrogens (tertiary/aromatic N) is 2. The Morgan fingerprint density at radius 1 is 0.322 bits per heavy atom. The first-order valence-electron chi connectivity index (χ1n) is 19.7. The van der Waals surface area contributed by atoms with Crippen LogP contribution in [0.2, 0.25) is 0 Å². The summed E-state index contributed by atoms with van der Waals surface area (Å²) < 4.78 is 9.96. The summed E-state index contributed by atoms with van der Waals surface area (Å²) in [6.07, 6.45) is 0. The lowest BCUT2D eigenvalue weighted by Gasteiger charge is -2.30. The van der Waals surface area contributed by atoms with Crippen LogP contribution >= 0.6 is 27.3 Å². The molecule has 0 N–H and O–H groups in total. The largest absolute Gasteiger partial charge is 0.456 e. The fourth-order valence-corrected chi connectivity index (χ4v) is 9.89. The van der Waals surface area contributed by atoms with E-state index in [1.54, 1.807) is 0 Å². The van der Waals surface area contributed by atoms with Crippen LogP contribution in [-0.2, 0) is 0 Å². The van der Waals surface area contributed by atoms with E-state index >= 15 is 0 Å². The summed E-state index contributed by atoms with van der Waals surface area (Å²) in [6, 6.07) is 75.8. The first kappa shape index (κ1) is 35.3. The third-order valence-electron chi connectivity index (χ3n) is 11.1. The smallest absolute Gasteiger partial charge is 0.137 e. The highest BCUT2D eigenvalue weighted by Crippen LogP contribution is 2.45. The van der Waals surface area contributed by atoms with Gasteiger partial charge in [-0.2, -0.15) is 0 Å². The molecule has 0 unspecified atom stereocenters. The van der Waals surface area contributed by atoms with Gasteiger partial charge in [-0.15, -0.1) is 11.3 Å². The molecule has 0 amide bonds. The van der Waals surface area contributed by atoms with Crippen LogP contribution in [0.4, 0.5) is 34.1 Å². The first-order chi connectivity index (χ1) is 29.1. The van der Waals surface area contributed by atoms with Gasteiger partial charge in [0.1, 0.15) is 11.2 Å². The topological polar surface area (TPSA) is 19.6 Å². The van der Waals surface area contributed by atoms with Gasteiger partial charge in [0, 0.05) is 75.6 Å². The van der Waals surface area contributed by atoms with Crippen molar-refractivity contribution in [1.82, 2.24) is 0 Å². The Labute approximate surface area is 354 Å². The molecule has 0 bridgehead atoms. The highest BCUT2D eigenvalue weighted by molar-refractivity contribution is 9.10. The van der Waals surface area contributed by atoms with E-state index < -0.39 is 0 Å². The van der Waals surface area contributed by atoms with Gasteiger partial charge in [0.15, 0.2) is 0 Å². The summed E-state index contributed by atoms with van der Waals surface area (Å²) in [6.45, 7) is 0. The zero-order chi connectivity index (χ0) is 39.3. The van der Waals surface area contributed by atoms with E-state index in [2.05, 4.69) is 226 Å². The summed E-state index contributed by atoms with van der Waals surface area (Å²) >= 11 is 5.82. The minimum absolute atomic E-state index is 0.849. The van der Waals surface area contributed by atoms with Crippen LogP contribution in [0.1, 0.15) is 0 Å². The van der Waals surface area contributed by atoms with Crippen LogP contribution in [0.15, 0.2) is 221 Å². The number of hydrogen-bond acceptors (Lipinski definition) is 4. The van der Waals surface area contributed by atoms with Gasteiger partial charge in [0.25, 0.3) is 0 Å². The molecule has 0 aliphatic rings. The summed E-state index contributed by atoms with van der Waals surface area (Å²) in [5, 5.41) is 4.77. The molecule has 2 heterocycles. The lowest BCUT2D eigenvalue weighted by molar-refractivity contribution is 0.669. The Morgan fingerprint density at radius 2 is 0.780 bits per heavy atom. The molecule has 0 saturated carbocycles. The Hall–Kier alpha value is -6.92. The molecule has 0 aliphatic heterocycles. The molecule has 0 fully saturated rings. The molecule has 59 heavy (non-hydrogen) atoms. The van der Waals surface area contributed by atoms with Crippen molar-refractivity contribution in [1.29, 1.82) is 0 Å². The average Bonchev–Trinajstić information content (AvgIpc) is 3.85. The monoisotopic (exact) mass is 838 g/mol. The van der Waals surface area contributed by atoms with Gasteiger partial charge in [-0.25, -0.2) is 0 Å². The second-order valence-electron chi connectivity index (χ2n) is 14.7. The Bertz CT molecular complexity index is 3060. The van der Waals surface area contributed by atoms with Crippen LogP contribution in [0, 0.1) is 0 Å². The van der Waals surface area contributed by atoms with Crippen LogP contribution in [0.25, 0.3) is 64.4 Å². The quantitative estimate of drug-likeness (QED) is 0.152. The molecule has 0 spiro atoms. The van der Waals surface area contributed by atoms with Gasteiger partial charge < -0.3 is 14.2 Å². The molecule has 2 aromatic heterocycles. The van der Waals surface area contributed by atoms with Crippen LogP contribution < -0.4 is 9.80 Å². The molecule has 11 rings (SSSR count). The van der Waals surface area contributed by atoms with Crippen molar-refractivity contribution in [2.24, 2.45) is 0 Å². The highest BCUT2D eigenvalue weighted by atomic mass is 79.9. The summed E-state index contributed by atoms with van der Waals surface area (Å²) in [5.74, 6) is 0. The number of furan rings is 1. The molecule has 280 valence electrons. The standard InChI is InChI=1S/C54H35BrN2OS/c55-40-31-45(56(41-23-19-38(20-24-41)36-11-3-1-4-12-36)43-27-29-48-47-15-7-9-17-51(47)58-52(48)34-43)33-46(32-40)57(42-25-21-39(22-26-42)37-13-5-2-6-14-37)44-28-30-50-49-16-8-10-18-53(49)59-54(50)35-44/h1-35H. The lowest BCUT2D eigenvalue weighted by Crippen LogP contribution is -2.13. The van der Waals surface area contributed by atoms with Gasteiger partial charge >= 0.3 is 0 Å². The van der Waals surface area contributed by atoms with Gasteiger partial charge in [-0.1, -0.05) is 143 Å². The summed E-state index contributed by atoms with van der Waals surface area (Å²) in [4.78, 5) is 4.69. The molecule has 0 saturated heterocycles. The van der Waals surface area contributed by atoms with E-state index in [1.165, 1.54) is 42.4 Å². The van der Waals surface area contributed by atoms with Crippen molar-refractivity contribution in [3.8, 4) is 22.3 Å².